The molecule has 278 valence electrons. The minimum Gasteiger partial charge on any atom is -0.208 e. The molecule has 11 rings (SSSR count). The number of hydrogen-bond acceptors (Lipinski definition) is 3. The first-order valence-corrected chi connectivity index (χ1v) is 20.3. The van der Waals surface area contributed by atoms with Gasteiger partial charge in [0.05, 0.1) is 0 Å². The molecule has 0 N–H and O–H groups in total. The fourth-order valence-corrected chi connectivity index (χ4v) is 9.15. The van der Waals surface area contributed by atoms with E-state index in [4.69, 9.17) is 15.0 Å². The van der Waals surface area contributed by atoms with Crippen LogP contribution in [-0.2, 0) is 5.41 Å². The second-order valence-electron chi connectivity index (χ2n) is 16.0. The molecule has 0 atom stereocenters. The number of benzene rings is 9. The van der Waals surface area contributed by atoms with E-state index in [1.54, 1.807) is 0 Å². The van der Waals surface area contributed by atoms with Gasteiger partial charge in [0.2, 0.25) is 0 Å². The largest absolute Gasteiger partial charge is 0.208 e. The van der Waals surface area contributed by atoms with E-state index in [-0.39, 0.29) is 5.41 Å². The minimum absolute atomic E-state index is 0.191. The van der Waals surface area contributed by atoms with Crippen LogP contribution in [0, 0.1) is 0 Å². The highest BCUT2D eigenvalue weighted by molar-refractivity contribution is 6.04. The smallest absolute Gasteiger partial charge is 0.165 e. The van der Waals surface area contributed by atoms with E-state index >= 15 is 0 Å². The van der Waals surface area contributed by atoms with E-state index in [0.717, 1.165) is 49.7 Å². The van der Waals surface area contributed by atoms with Gasteiger partial charge in [-0.25, -0.2) is 15.0 Å². The molecule has 10 aromatic rings. The van der Waals surface area contributed by atoms with Gasteiger partial charge in [-0.2, -0.15) is 0 Å². The maximum absolute atomic E-state index is 5.35. The highest BCUT2D eigenvalue weighted by Crippen LogP contribution is 2.52. The third kappa shape index (κ3) is 5.94. The van der Waals surface area contributed by atoms with Gasteiger partial charge in [-0.3, -0.25) is 0 Å². The van der Waals surface area contributed by atoms with Gasteiger partial charge >= 0.3 is 0 Å². The Bertz CT molecular complexity index is 3100. The Kier molecular flexibility index (Phi) is 8.16. The highest BCUT2D eigenvalue weighted by atomic mass is 15.0. The summed E-state index contributed by atoms with van der Waals surface area (Å²) in [4.78, 5) is 15.9. The van der Waals surface area contributed by atoms with E-state index in [0.29, 0.717) is 17.5 Å². The maximum atomic E-state index is 5.35. The van der Waals surface area contributed by atoms with E-state index in [1.807, 2.05) is 12.1 Å². The number of rotatable bonds is 6. The van der Waals surface area contributed by atoms with Gasteiger partial charge < -0.3 is 0 Å². The van der Waals surface area contributed by atoms with Crippen LogP contribution in [0.1, 0.15) is 25.0 Å². The maximum Gasteiger partial charge on any atom is 0.165 e. The van der Waals surface area contributed by atoms with E-state index in [1.165, 1.54) is 44.2 Å². The molecule has 0 spiro atoms. The summed E-state index contributed by atoms with van der Waals surface area (Å²) in [5.41, 5.74) is 14.9. The first kappa shape index (κ1) is 34.7. The van der Waals surface area contributed by atoms with E-state index < -0.39 is 0 Å². The number of fused-ring (bicyclic) bond motifs is 6. The Labute approximate surface area is 344 Å². The molecule has 1 aromatic heterocycles. The van der Waals surface area contributed by atoms with E-state index in [2.05, 4.69) is 202 Å². The lowest BCUT2D eigenvalue weighted by Gasteiger charge is -2.24. The third-order valence-electron chi connectivity index (χ3n) is 12.1. The molecule has 0 unspecified atom stereocenters. The molecular formula is C56H39N3. The van der Waals surface area contributed by atoms with Crippen LogP contribution < -0.4 is 0 Å². The van der Waals surface area contributed by atoms with Gasteiger partial charge in [-0.1, -0.05) is 208 Å². The zero-order valence-electron chi connectivity index (χ0n) is 32.9. The van der Waals surface area contributed by atoms with Crippen molar-refractivity contribution in [1.82, 2.24) is 15.0 Å². The fraction of sp³-hybridized carbons (Fsp3) is 0.0536. The lowest BCUT2D eigenvalue weighted by atomic mass is 9.79. The molecule has 1 aliphatic carbocycles. The summed E-state index contributed by atoms with van der Waals surface area (Å²) in [6.45, 7) is 4.73. The van der Waals surface area contributed by atoms with E-state index in [9.17, 15) is 0 Å². The van der Waals surface area contributed by atoms with Crippen molar-refractivity contribution in [2.45, 2.75) is 19.3 Å². The average Bonchev–Trinajstić information content (AvgIpc) is 3.54. The Morgan fingerprint density at radius 1 is 0.322 bits per heavy atom. The first-order valence-electron chi connectivity index (χ1n) is 20.3. The molecule has 1 heterocycles. The van der Waals surface area contributed by atoms with Gasteiger partial charge in [0.1, 0.15) is 0 Å². The van der Waals surface area contributed by atoms with Crippen molar-refractivity contribution in [2.75, 3.05) is 0 Å². The van der Waals surface area contributed by atoms with Crippen molar-refractivity contribution in [1.29, 1.82) is 0 Å². The minimum atomic E-state index is -0.191. The molecule has 0 bridgehead atoms. The monoisotopic (exact) mass is 753 g/mol. The van der Waals surface area contributed by atoms with Gasteiger partial charge in [0.15, 0.2) is 17.5 Å². The molecule has 0 radical (unpaired) electrons. The molecule has 3 nitrogen and oxygen atoms in total. The van der Waals surface area contributed by atoms with Gasteiger partial charge in [0.25, 0.3) is 0 Å². The summed E-state index contributed by atoms with van der Waals surface area (Å²) in [5.74, 6) is 1.91. The molecular weight excluding hydrogens is 715 g/mol. The molecule has 0 fully saturated rings. The van der Waals surface area contributed by atoms with Crippen LogP contribution in [0.5, 0.6) is 0 Å². The predicted molar refractivity (Wildman–Crippen MR) is 245 cm³/mol. The Hall–Kier alpha value is -7.49. The second-order valence-corrected chi connectivity index (χ2v) is 16.0. The summed E-state index contributed by atoms with van der Waals surface area (Å²) in [6, 6.07) is 71.4. The second kappa shape index (κ2) is 13.9. The number of hydrogen-bond donors (Lipinski definition) is 0. The van der Waals surface area contributed by atoms with Crippen molar-refractivity contribution in [3.63, 3.8) is 0 Å². The molecule has 3 heteroatoms. The van der Waals surface area contributed by atoms with Crippen molar-refractivity contribution >= 4 is 21.5 Å². The summed E-state index contributed by atoms with van der Waals surface area (Å²) in [7, 11) is 0. The number of nitrogens with zero attached hydrogens (tertiary/aromatic N) is 3. The van der Waals surface area contributed by atoms with Crippen LogP contribution in [0.2, 0.25) is 0 Å². The van der Waals surface area contributed by atoms with Crippen molar-refractivity contribution in [3.05, 3.63) is 211 Å². The highest BCUT2D eigenvalue weighted by Gasteiger charge is 2.37. The van der Waals surface area contributed by atoms with Crippen LogP contribution in [0.15, 0.2) is 200 Å². The standard InChI is InChI=1S/C56H39N3/c1-56(2)50-35-44(31-33-48(50)49-34-30-41-18-10-12-20-47(41)52(49)56)46-32-29-40-17-9-11-19-45(40)51(46)55-58-53(42-25-21-38(22-26-42)36-13-5-3-6-14-36)57-54(59-55)43-27-23-39(24-28-43)37-15-7-4-8-16-37/h3-35H,1-2H3. The van der Waals surface area contributed by atoms with Crippen molar-refractivity contribution in [3.8, 4) is 78.7 Å². The zero-order chi connectivity index (χ0) is 39.5. The molecule has 0 aliphatic heterocycles. The van der Waals surface area contributed by atoms with Crippen LogP contribution in [0.25, 0.3) is 100 Å². The Morgan fingerprint density at radius 3 is 1.34 bits per heavy atom. The van der Waals surface area contributed by atoms with Gasteiger partial charge in [-0.15, -0.1) is 0 Å². The Morgan fingerprint density at radius 2 is 0.746 bits per heavy atom. The third-order valence-corrected chi connectivity index (χ3v) is 12.1. The lowest BCUT2D eigenvalue weighted by molar-refractivity contribution is 0.666. The number of aromatic nitrogens is 3. The molecule has 1 aliphatic rings. The fourth-order valence-electron chi connectivity index (χ4n) is 9.15. The first-order chi connectivity index (χ1) is 29.0. The van der Waals surface area contributed by atoms with Crippen LogP contribution in [0.4, 0.5) is 0 Å². The molecule has 59 heavy (non-hydrogen) atoms. The summed E-state index contributed by atoms with van der Waals surface area (Å²) >= 11 is 0. The molecule has 9 aromatic carbocycles. The normalized spacial score (nSPS) is 12.7. The molecule has 0 saturated carbocycles. The predicted octanol–water partition coefficient (Wildman–Crippen LogP) is 14.5. The molecule has 0 saturated heterocycles. The topological polar surface area (TPSA) is 38.7 Å². The average molecular weight is 754 g/mol. The van der Waals surface area contributed by atoms with Crippen molar-refractivity contribution < 1.29 is 0 Å². The van der Waals surface area contributed by atoms with Gasteiger partial charge in [0, 0.05) is 22.1 Å². The SMILES string of the molecule is CC1(C)c2cc(-c3ccc4ccccc4c3-c3nc(-c4ccc(-c5ccccc5)cc4)nc(-c4ccc(-c5ccccc5)cc4)n3)ccc2-c2ccc3ccccc3c21. The van der Waals surface area contributed by atoms with Crippen molar-refractivity contribution in [2.24, 2.45) is 0 Å². The summed E-state index contributed by atoms with van der Waals surface area (Å²) in [5, 5.41) is 4.82. The van der Waals surface area contributed by atoms with Crippen LogP contribution in [0.3, 0.4) is 0 Å². The van der Waals surface area contributed by atoms with Gasteiger partial charge in [-0.05, 0) is 83.2 Å². The summed E-state index contributed by atoms with van der Waals surface area (Å²) in [6.07, 6.45) is 0. The quantitative estimate of drug-likeness (QED) is 0.170. The van der Waals surface area contributed by atoms with Crippen LogP contribution in [-0.4, -0.2) is 15.0 Å². The summed E-state index contributed by atoms with van der Waals surface area (Å²) < 4.78 is 0. The zero-order valence-corrected chi connectivity index (χ0v) is 32.9. The van der Waals surface area contributed by atoms with Crippen LogP contribution >= 0.6 is 0 Å². The lowest BCUT2D eigenvalue weighted by Crippen LogP contribution is -2.15. The Balaban J connectivity index is 1.10. The molecule has 0 amide bonds.